The Labute approximate surface area is 87.6 Å². The van der Waals surface area contributed by atoms with Crippen LogP contribution < -0.4 is 0 Å². The molecule has 0 aliphatic rings. The molecule has 0 amide bonds. The highest BCUT2D eigenvalue weighted by atomic mass is 35.5. The zero-order valence-electron chi connectivity index (χ0n) is 6.72. The highest BCUT2D eigenvalue weighted by molar-refractivity contribution is 7.11. The van der Waals surface area contributed by atoms with Crippen molar-refractivity contribution in [2.24, 2.45) is 0 Å². The van der Waals surface area contributed by atoms with Crippen LogP contribution >= 0.6 is 22.9 Å². The normalized spacial score (nSPS) is 10.4. The quantitative estimate of drug-likeness (QED) is 0.851. The van der Waals surface area contributed by atoms with E-state index in [4.69, 9.17) is 16.7 Å². The second-order valence-electron chi connectivity index (χ2n) is 2.42. The summed E-state index contributed by atoms with van der Waals surface area (Å²) in [5, 5.41) is 14.7. The molecule has 0 atom stereocenters. The number of halogens is 1. The summed E-state index contributed by atoms with van der Waals surface area (Å²) in [7, 11) is 0. The fraction of sp³-hybridized carbons (Fsp3) is 0. The van der Waals surface area contributed by atoms with Gasteiger partial charge in [0.25, 0.3) is 0 Å². The monoisotopic (exact) mass is 229 g/mol. The van der Waals surface area contributed by atoms with Gasteiger partial charge in [0.1, 0.15) is 0 Å². The maximum Gasteiger partial charge on any atom is 0.365 e. The third-order valence-electron chi connectivity index (χ3n) is 1.46. The molecular weight excluding hydrogens is 226 g/mol. The predicted octanol–water partition coefficient (Wildman–Crippen LogP) is 1.68. The number of carboxylic acid groups (broad SMARTS) is 1. The summed E-state index contributed by atoms with van der Waals surface area (Å²) in [4.78, 5) is 14.4. The Morgan fingerprint density at radius 1 is 1.64 bits per heavy atom. The number of carboxylic acids is 1. The number of aromatic nitrogens is 3. The first-order chi connectivity index (χ1) is 6.66. The first kappa shape index (κ1) is 9.17. The number of nitrogens with zero attached hydrogens (tertiary/aromatic N) is 3. The van der Waals surface area contributed by atoms with Crippen LogP contribution in [0.25, 0.3) is 5.82 Å². The number of hydrogen-bond donors (Lipinski definition) is 1. The molecular formula is C7H4ClN3O2S. The lowest BCUT2D eigenvalue weighted by Crippen LogP contribution is -1.98. The molecule has 0 saturated heterocycles. The summed E-state index contributed by atoms with van der Waals surface area (Å²) in [5.74, 6) is -0.584. The maximum atomic E-state index is 10.5. The van der Waals surface area contributed by atoms with Crippen molar-refractivity contribution in [1.29, 1.82) is 0 Å². The topological polar surface area (TPSA) is 68.0 Å². The second-order valence-corrected chi connectivity index (χ2v) is 3.71. The maximum absolute atomic E-state index is 10.5. The minimum absolute atomic E-state index is 0.0339. The molecule has 2 heterocycles. The van der Waals surface area contributed by atoms with Crippen molar-refractivity contribution in [2.75, 3.05) is 0 Å². The van der Waals surface area contributed by atoms with Crippen molar-refractivity contribution in [3.05, 3.63) is 27.8 Å². The van der Waals surface area contributed by atoms with Crippen molar-refractivity contribution in [1.82, 2.24) is 14.8 Å². The van der Waals surface area contributed by atoms with Crippen molar-refractivity contribution in [2.45, 2.75) is 0 Å². The zero-order valence-corrected chi connectivity index (χ0v) is 8.29. The van der Waals surface area contributed by atoms with Gasteiger partial charge in [-0.2, -0.15) is 5.10 Å². The standard InChI is InChI=1S/C7H4ClN3O2S/c8-4-1-9-11(2-4)5-3-14-6(10-5)7(12)13/h1-3H,(H,12,13). The Morgan fingerprint density at radius 2 is 2.43 bits per heavy atom. The Kier molecular flexibility index (Phi) is 2.22. The van der Waals surface area contributed by atoms with Crippen LogP contribution in [0.1, 0.15) is 9.80 Å². The Bertz CT molecular complexity index is 479. The van der Waals surface area contributed by atoms with Crippen LogP contribution in [0.5, 0.6) is 0 Å². The molecule has 0 radical (unpaired) electrons. The molecule has 0 aliphatic carbocycles. The first-order valence-electron chi connectivity index (χ1n) is 3.56. The van der Waals surface area contributed by atoms with Crippen LogP contribution in [-0.2, 0) is 0 Å². The van der Waals surface area contributed by atoms with Gasteiger partial charge in [-0.05, 0) is 0 Å². The molecule has 72 valence electrons. The van der Waals surface area contributed by atoms with Crippen molar-refractivity contribution < 1.29 is 9.90 Å². The minimum atomic E-state index is -1.04. The molecule has 0 saturated carbocycles. The van der Waals surface area contributed by atoms with Crippen molar-refractivity contribution >= 4 is 28.9 Å². The van der Waals surface area contributed by atoms with Gasteiger partial charge in [-0.1, -0.05) is 11.6 Å². The van der Waals surface area contributed by atoms with Crippen LogP contribution in [0.2, 0.25) is 5.02 Å². The van der Waals surface area contributed by atoms with E-state index in [9.17, 15) is 4.79 Å². The van der Waals surface area contributed by atoms with Gasteiger partial charge in [-0.15, -0.1) is 11.3 Å². The third kappa shape index (κ3) is 1.61. The van der Waals surface area contributed by atoms with Crippen LogP contribution in [0.15, 0.2) is 17.8 Å². The molecule has 0 unspecified atom stereocenters. The third-order valence-corrected chi connectivity index (χ3v) is 2.47. The SMILES string of the molecule is O=C(O)c1nc(-n2cc(Cl)cn2)cs1. The summed E-state index contributed by atoms with van der Waals surface area (Å²) in [6.45, 7) is 0. The molecule has 14 heavy (non-hydrogen) atoms. The van der Waals surface area contributed by atoms with Crippen LogP contribution in [0.3, 0.4) is 0 Å². The molecule has 2 aromatic heterocycles. The number of hydrogen-bond acceptors (Lipinski definition) is 4. The highest BCUT2D eigenvalue weighted by Crippen LogP contribution is 2.15. The molecule has 0 aromatic carbocycles. The zero-order chi connectivity index (χ0) is 10.1. The molecule has 0 spiro atoms. The van der Waals surface area contributed by atoms with Crippen LogP contribution in [0.4, 0.5) is 0 Å². The fourth-order valence-electron chi connectivity index (χ4n) is 0.895. The van der Waals surface area contributed by atoms with E-state index in [1.165, 1.54) is 10.9 Å². The lowest BCUT2D eigenvalue weighted by atomic mass is 10.7. The number of carbonyl (C=O) groups is 1. The molecule has 0 aliphatic heterocycles. The second kappa shape index (κ2) is 3.39. The van der Waals surface area contributed by atoms with E-state index in [0.29, 0.717) is 10.8 Å². The van der Waals surface area contributed by atoms with Gasteiger partial charge in [0.15, 0.2) is 5.82 Å². The van der Waals surface area contributed by atoms with Crippen LogP contribution in [-0.4, -0.2) is 25.8 Å². The summed E-state index contributed by atoms with van der Waals surface area (Å²) in [5.41, 5.74) is 0. The van der Waals surface area contributed by atoms with E-state index in [1.807, 2.05) is 0 Å². The van der Waals surface area contributed by atoms with Gasteiger partial charge in [-0.3, -0.25) is 0 Å². The van der Waals surface area contributed by atoms with Crippen molar-refractivity contribution in [3.63, 3.8) is 0 Å². The van der Waals surface area contributed by atoms with Gasteiger partial charge >= 0.3 is 5.97 Å². The highest BCUT2D eigenvalue weighted by Gasteiger charge is 2.10. The molecule has 2 rings (SSSR count). The van der Waals surface area contributed by atoms with E-state index >= 15 is 0 Å². The number of thiazole rings is 1. The van der Waals surface area contributed by atoms with Gasteiger partial charge in [0.05, 0.1) is 17.4 Å². The lowest BCUT2D eigenvalue weighted by Gasteiger charge is -1.91. The largest absolute Gasteiger partial charge is 0.476 e. The van der Waals surface area contributed by atoms with E-state index in [0.717, 1.165) is 11.3 Å². The van der Waals surface area contributed by atoms with Crippen LogP contribution in [0, 0.1) is 0 Å². The minimum Gasteiger partial charge on any atom is -0.476 e. The average molecular weight is 230 g/mol. The summed E-state index contributed by atoms with van der Waals surface area (Å²) in [6.07, 6.45) is 3.02. The van der Waals surface area contributed by atoms with E-state index in [2.05, 4.69) is 10.1 Å². The van der Waals surface area contributed by atoms with Gasteiger partial charge in [0.2, 0.25) is 5.01 Å². The predicted molar refractivity (Wildman–Crippen MR) is 51.2 cm³/mol. The Balaban J connectivity index is 2.38. The molecule has 1 N–H and O–H groups in total. The smallest absolute Gasteiger partial charge is 0.365 e. The Hall–Kier alpha value is -1.40. The molecule has 5 nitrogen and oxygen atoms in total. The number of aromatic carboxylic acids is 1. The van der Waals surface area contributed by atoms with Crippen molar-refractivity contribution in [3.8, 4) is 5.82 Å². The molecule has 0 bridgehead atoms. The number of rotatable bonds is 2. The van der Waals surface area contributed by atoms with Gasteiger partial charge < -0.3 is 5.11 Å². The molecule has 0 fully saturated rings. The Morgan fingerprint density at radius 3 is 2.93 bits per heavy atom. The summed E-state index contributed by atoms with van der Waals surface area (Å²) < 4.78 is 1.42. The van der Waals surface area contributed by atoms with E-state index in [1.54, 1.807) is 11.6 Å². The van der Waals surface area contributed by atoms with E-state index < -0.39 is 5.97 Å². The van der Waals surface area contributed by atoms with Gasteiger partial charge in [-0.25, -0.2) is 14.5 Å². The summed E-state index contributed by atoms with van der Waals surface area (Å²) in [6, 6.07) is 0. The average Bonchev–Trinajstić information content (AvgIpc) is 2.70. The lowest BCUT2D eigenvalue weighted by molar-refractivity contribution is 0.0696. The molecule has 7 heteroatoms. The molecule has 2 aromatic rings. The first-order valence-corrected chi connectivity index (χ1v) is 4.82. The van der Waals surface area contributed by atoms with Gasteiger partial charge in [0, 0.05) is 5.38 Å². The van der Waals surface area contributed by atoms with E-state index in [-0.39, 0.29) is 5.01 Å². The summed E-state index contributed by atoms with van der Waals surface area (Å²) >= 11 is 6.70. The fourth-order valence-corrected chi connectivity index (χ4v) is 1.66.